The lowest BCUT2D eigenvalue weighted by molar-refractivity contribution is 0.473. The predicted octanol–water partition coefficient (Wildman–Crippen LogP) is 5.95. The molecule has 0 saturated carbocycles. The largest absolute Gasteiger partial charge is 0.505 e. The van der Waals surface area contributed by atoms with Crippen molar-refractivity contribution in [2.45, 2.75) is 13.8 Å². The highest BCUT2D eigenvalue weighted by atomic mass is 79.9. The highest BCUT2D eigenvalue weighted by Crippen LogP contribution is 2.38. The standard InChI is InChI=1S/C14H12Br2N2O/c1-8-3-4-11(5-9(8)2)17-18-13-7-10(15)6-12(16)14(13)19/h3-7,19H,1-2H3. The van der Waals surface area contributed by atoms with Gasteiger partial charge in [-0.15, -0.1) is 5.11 Å². The SMILES string of the molecule is Cc1ccc(N=Nc2cc(Br)cc(Br)c2O)cc1C. The average Bonchev–Trinajstić information content (AvgIpc) is 2.36. The lowest BCUT2D eigenvalue weighted by Crippen LogP contribution is -1.78. The van der Waals surface area contributed by atoms with Crippen molar-refractivity contribution in [3.05, 3.63) is 50.4 Å². The van der Waals surface area contributed by atoms with E-state index in [0.717, 1.165) is 15.7 Å². The maximum absolute atomic E-state index is 9.88. The summed E-state index contributed by atoms with van der Waals surface area (Å²) in [5.74, 6) is 0.0794. The van der Waals surface area contributed by atoms with Gasteiger partial charge in [0.2, 0.25) is 0 Å². The van der Waals surface area contributed by atoms with Crippen molar-refractivity contribution < 1.29 is 5.11 Å². The molecule has 1 N–H and O–H groups in total. The van der Waals surface area contributed by atoms with Gasteiger partial charge in [0.05, 0.1) is 10.2 Å². The fraction of sp³-hybridized carbons (Fsp3) is 0.143. The van der Waals surface area contributed by atoms with Gasteiger partial charge in [0.15, 0.2) is 5.75 Å². The molecule has 5 heteroatoms. The summed E-state index contributed by atoms with van der Waals surface area (Å²) in [6.45, 7) is 4.08. The molecule has 0 amide bonds. The van der Waals surface area contributed by atoms with E-state index in [1.54, 1.807) is 12.1 Å². The summed E-state index contributed by atoms with van der Waals surface area (Å²) in [4.78, 5) is 0. The van der Waals surface area contributed by atoms with E-state index in [2.05, 4.69) is 42.1 Å². The van der Waals surface area contributed by atoms with E-state index < -0.39 is 0 Å². The Kier molecular flexibility index (Phi) is 4.37. The molecule has 0 aliphatic heterocycles. The Hall–Kier alpha value is -1.20. The third-order valence-electron chi connectivity index (χ3n) is 2.77. The molecule has 2 aromatic rings. The van der Waals surface area contributed by atoms with Crippen LogP contribution in [0.1, 0.15) is 11.1 Å². The number of rotatable bonds is 2. The smallest absolute Gasteiger partial charge is 0.157 e. The van der Waals surface area contributed by atoms with Crippen LogP contribution in [-0.2, 0) is 0 Å². The van der Waals surface area contributed by atoms with Crippen LogP contribution in [0.4, 0.5) is 11.4 Å². The number of hydrogen-bond donors (Lipinski definition) is 1. The third-order valence-corrected chi connectivity index (χ3v) is 3.83. The Morgan fingerprint density at radius 2 is 1.68 bits per heavy atom. The number of phenolic OH excluding ortho intramolecular Hbond substituents is 1. The summed E-state index contributed by atoms with van der Waals surface area (Å²) in [6.07, 6.45) is 0. The quantitative estimate of drug-likeness (QED) is 0.639. The van der Waals surface area contributed by atoms with Crippen LogP contribution in [0, 0.1) is 13.8 Å². The van der Waals surface area contributed by atoms with Gasteiger partial charge in [0.1, 0.15) is 5.69 Å². The van der Waals surface area contributed by atoms with Crippen LogP contribution in [0.25, 0.3) is 0 Å². The molecule has 0 saturated heterocycles. The first-order chi connectivity index (χ1) is 8.97. The van der Waals surface area contributed by atoms with Crippen molar-refractivity contribution in [1.82, 2.24) is 0 Å². The molecule has 0 aliphatic carbocycles. The highest BCUT2D eigenvalue weighted by molar-refractivity contribution is 9.11. The average molecular weight is 384 g/mol. The van der Waals surface area contributed by atoms with E-state index >= 15 is 0 Å². The molecule has 0 heterocycles. The number of phenols is 1. The van der Waals surface area contributed by atoms with Gasteiger partial charge in [-0.25, -0.2) is 0 Å². The van der Waals surface area contributed by atoms with Gasteiger partial charge in [-0.05, 0) is 65.2 Å². The fourth-order valence-electron chi connectivity index (χ4n) is 1.53. The Morgan fingerprint density at radius 1 is 0.947 bits per heavy atom. The fourth-order valence-corrected chi connectivity index (χ4v) is 2.73. The van der Waals surface area contributed by atoms with Gasteiger partial charge in [-0.3, -0.25) is 0 Å². The molecule has 0 spiro atoms. The lowest BCUT2D eigenvalue weighted by atomic mass is 10.1. The second-order valence-corrected chi connectivity index (χ2v) is 5.99. The molecule has 0 atom stereocenters. The first-order valence-corrected chi connectivity index (χ1v) is 7.23. The Morgan fingerprint density at radius 3 is 2.37 bits per heavy atom. The van der Waals surface area contributed by atoms with Crippen molar-refractivity contribution in [2.75, 3.05) is 0 Å². The molecule has 0 aromatic heterocycles. The summed E-state index contributed by atoms with van der Waals surface area (Å²) in [5, 5.41) is 18.1. The van der Waals surface area contributed by atoms with Gasteiger partial charge in [-0.1, -0.05) is 22.0 Å². The Balaban J connectivity index is 2.35. The van der Waals surface area contributed by atoms with Crippen LogP contribution < -0.4 is 0 Å². The lowest BCUT2D eigenvalue weighted by Gasteiger charge is -2.02. The van der Waals surface area contributed by atoms with Crippen molar-refractivity contribution in [3.8, 4) is 5.75 Å². The number of azo groups is 1. The van der Waals surface area contributed by atoms with Crippen molar-refractivity contribution in [2.24, 2.45) is 10.2 Å². The summed E-state index contributed by atoms with van der Waals surface area (Å²) < 4.78 is 1.40. The predicted molar refractivity (Wildman–Crippen MR) is 83.6 cm³/mol. The van der Waals surface area contributed by atoms with E-state index in [4.69, 9.17) is 0 Å². The maximum atomic E-state index is 9.88. The molecule has 2 aromatic carbocycles. The Labute approximate surface area is 128 Å². The number of aromatic hydroxyl groups is 1. The van der Waals surface area contributed by atoms with E-state index in [0.29, 0.717) is 10.2 Å². The summed E-state index contributed by atoms with van der Waals surface area (Å²) in [7, 11) is 0. The zero-order valence-corrected chi connectivity index (χ0v) is 13.7. The van der Waals surface area contributed by atoms with Crippen LogP contribution in [0.15, 0.2) is 49.5 Å². The first-order valence-electron chi connectivity index (χ1n) is 5.64. The van der Waals surface area contributed by atoms with Gasteiger partial charge in [0, 0.05) is 4.47 Å². The third kappa shape index (κ3) is 3.42. The minimum atomic E-state index is 0.0794. The summed E-state index contributed by atoms with van der Waals surface area (Å²) in [5.41, 5.74) is 3.56. The van der Waals surface area contributed by atoms with E-state index in [9.17, 15) is 5.11 Å². The van der Waals surface area contributed by atoms with Crippen molar-refractivity contribution in [3.63, 3.8) is 0 Å². The summed E-state index contributed by atoms with van der Waals surface area (Å²) in [6, 6.07) is 9.33. The molecule has 0 aliphatic rings. The van der Waals surface area contributed by atoms with Gasteiger partial charge >= 0.3 is 0 Å². The molecule has 0 bridgehead atoms. The van der Waals surface area contributed by atoms with Crippen LogP contribution in [0.2, 0.25) is 0 Å². The monoisotopic (exact) mass is 382 g/mol. The number of aryl methyl sites for hydroxylation is 2. The molecule has 0 radical (unpaired) electrons. The Bertz CT molecular complexity index is 654. The minimum Gasteiger partial charge on any atom is -0.505 e. The normalized spacial score (nSPS) is 11.2. The molecule has 98 valence electrons. The topological polar surface area (TPSA) is 45.0 Å². The van der Waals surface area contributed by atoms with E-state index in [1.807, 2.05) is 32.0 Å². The van der Waals surface area contributed by atoms with E-state index in [1.165, 1.54) is 5.56 Å². The zero-order valence-electron chi connectivity index (χ0n) is 10.5. The molecule has 0 fully saturated rings. The van der Waals surface area contributed by atoms with Crippen LogP contribution >= 0.6 is 31.9 Å². The van der Waals surface area contributed by atoms with Crippen molar-refractivity contribution in [1.29, 1.82) is 0 Å². The van der Waals surface area contributed by atoms with Gasteiger partial charge < -0.3 is 5.11 Å². The number of nitrogens with zero attached hydrogens (tertiary/aromatic N) is 2. The molecule has 0 unspecified atom stereocenters. The first kappa shape index (κ1) is 14.2. The molecule has 3 nitrogen and oxygen atoms in total. The molecule has 2 rings (SSSR count). The van der Waals surface area contributed by atoms with Crippen LogP contribution in [0.3, 0.4) is 0 Å². The number of halogens is 2. The highest BCUT2D eigenvalue weighted by Gasteiger charge is 2.06. The van der Waals surface area contributed by atoms with Crippen LogP contribution in [-0.4, -0.2) is 5.11 Å². The number of benzene rings is 2. The minimum absolute atomic E-state index is 0.0794. The van der Waals surface area contributed by atoms with Crippen molar-refractivity contribution >= 4 is 43.2 Å². The number of hydrogen-bond acceptors (Lipinski definition) is 3. The molecular weight excluding hydrogens is 372 g/mol. The molecular formula is C14H12Br2N2O. The second-order valence-electron chi connectivity index (χ2n) is 4.22. The van der Waals surface area contributed by atoms with Gasteiger partial charge in [0.25, 0.3) is 0 Å². The molecule has 19 heavy (non-hydrogen) atoms. The zero-order chi connectivity index (χ0) is 14.0. The maximum Gasteiger partial charge on any atom is 0.157 e. The van der Waals surface area contributed by atoms with E-state index in [-0.39, 0.29) is 5.75 Å². The second kappa shape index (κ2) is 5.84. The summed E-state index contributed by atoms with van der Waals surface area (Å²) >= 11 is 6.61. The van der Waals surface area contributed by atoms with Crippen LogP contribution in [0.5, 0.6) is 5.75 Å². The van der Waals surface area contributed by atoms with Gasteiger partial charge in [-0.2, -0.15) is 5.11 Å².